The summed E-state index contributed by atoms with van der Waals surface area (Å²) in [5, 5.41) is 74.4. The third kappa shape index (κ3) is 8.35. The zero-order valence-electron chi connectivity index (χ0n) is 31.9. The molecule has 15 nitrogen and oxygen atoms in total. The van der Waals surface area contributed by atoms with Gasteiger partial charge in [-0.05, 0) is 104 Å². The molecular weight excluding hydrogens is 728 g/mol. The van der Waals surface area contributed by atoms with Crippen LogP contribution < -0.4 is 0 Å². The van der Waals surface area contributed by atoms with Crippen molar-refractivity contribution in [1.29, 1.82) is 0 Å². The maximum absolute atomic E-state index is 11.7. The second kappa shape index (κ2) is 16.4. The van der Waals surface area contributed by atoms with E-state index in [4.69, 9.17) is 23.1 Å². The number of rotatable bonds is 12. The lowest BCUT2D eigenvalue weighted by Gasteiger charge is -2.62. The zero-order valence-corrected chi connectivity index (χ0v) is 32.7. The lowest BCUT2D eigenvalue weighted by molar-refractivity contribution is -0.341. The fourth-order valence-electron chi connectivity index (χ4n) is 11.8. The molecule has 6 aliphatic rings. The second-order valence-corrected chi connectivity index (χ2v) is 19.2. The number of aliphatic hydroxyl groups is 7. The Morgan fingerprint density at radius 3 is 2.19 bits per heavy atom. The van der Waals surface area contributed by atoms with Crippen LogP contribution in [0.15, 0.2) is 12.2 Å². The van der Waals surface area contributed by atoms with Crippen LogP contribution in [0.5, 0.6) is 0 Å². The molecule has 4 unspecified atom stereocenters. The molecule has 0 spiro atoms. The number of fused-ring (bicyclic) bond motifs is 5. The Bertz CT molecular complexity index is 1420. The molecule has 0 bridgehead atoms. The van der Waals surface area contributed by atoms with Gasteiger partial charge in [-0.1, -0.05) is 39.8 Å². The van der Waals surface area contributed by atoms with E-state index in [-0.39, 0.29) is 53.1 Å². The van der Waals surface area contributed by atoms with Gasteiger partial charge in [-0.25, -0.2) is 4.18 Å². The van der Waals surface area contributed by atoms with Gasteiger partial charge in [0, 0.05) is 5.92 Å². The summed E-state index contributed by atoms with van der Waals surface area (Å²) in [6, 6.07) is 0. The van der Waals surface area contributed by atoms with Gasteiger partial charge in [-0.15, -0.1) is 0 Å². The van der Waals surface area contributed by atoms with Crippen LogP contribution in [0, 0.1) is 52.3 Å². The van der Waals surface area contributed by atoms with Gasteiger partial charge in [-0.2, -0.15) is 8.42 Å². The second-order valence-electron chi connectivity index (χ2n) is 18.1. The van der Waals surface area contributed by atoms with E-state index >= 15 is 0 Å². The molecule has 6 rings (SSSR count). The maximum Gasteiger partial charge on any atom is 0.397 e. The molecule has 2 heterocycles. The molecule has 4 saturated carbocycles. The van der Waals surface area contributed by atoms with E-state index in [9.17, 15) is 48.7 Å². The van der Waals surface area contributed by atoms with Crippen LogP contribution in [0.2, 0.25) is 0 Å². The van der Waals surface area contributed by atoms with Crippen LogP contribution in [-0.2, 0) is 33.5 Å². The highest BCUT2D eigenvalue weighted by atomic mass is 32.3. The minimum absolute atomic E-state index is 0.0295. The highest BCUT2D eigenvalue weighted by Gasteiger charge is 2.64. The van der Waals surface area contributed by atoms with Gasteiger partial charge >= 0.3 is 10.4 Å². The van der Waals surface area contributed by atoms with Crippen molar-refractivity contribution in [3.8, 4) is 0 Å². The molecular formula is C38H64O15S. The molecule has 0 aromatic heterocycles. The third-order valence-corrected chi connectivity index (χ3v) is 15.4. The molecule has 6 fully saturated rings. The predicted molar refractivity (Wildman–Crippen MR) is 191 cm³/mol. The lowest BCUT2D eigenvalue weighted by atomic mass is 9.43. The quantitative estimate of drug-likeness (QED) is 0.103. The number of ether oxygens (including phenoxy) is 4. The number of aliphatic hydroxyl groups excluding tert-OH is 7. The van der Waals surface area contributed by atoms with Gasteiger partial charge in [0.05, 0.1) is 38.1 Å². The van der Waals surface area contributed by atoms with Gasteiger partial charge in [0.2, 0.25) is 0 Å². The summed E-state index contributed by atoms with van der Waals surface area (Å²) in [6.07, 6.45) is -6.46. The van der Waals surface area contributed by atoms with Crippen molar-refractivity contribution in [1.82, 2.24) is 0 Å². The number of hydrogen-bond acceptors (Lipinski definition) is 14. The molecule has 0 radical (unpaired) electrons. The van der Waals surface area contributed by atoms with Crippen LogP contribution in [0.1, 0.15) is 85.5 Å². The molecule has 0 aromatic rings. The molecule has 54 heavy (non-hydrogen) atoms. The first kappa shape index (κ1) is 42.8. The topological polar surface area (TPSA) is 242 Å². The van der Waals surface area contributed by atoms with E-state index in [2.05, 4.69) is 27.4 Å². The standard InChI is InChI=1S/C38H64O15S/c1-18(20(3)15-49-36-34(33(29(43)17-51-36)53-54(46,47)48)52-35-32(45)31(44)28(42)16-50-35)6-7-19(2)24-14-27(41)30-22-13-26(40)25-12-21(39)8-10-37(25,4)23(22)9-11-38(24,30)5/h19-36,39-45H,1,6-17H2,2-5H3,(H,46,47,48)/t19-,20?,21+,22-,23?,24-,25?,26+,27-,28-,29-,30?,31+,32-,33+,34-,35+,36-,37-,38-/m1/s1. The molecule has 8 N–H and O–H groups in total. The average Bonchev–Trinajstić information content (AvgIpc) is 3.38. The first-order valence-corrected chi connectivity index (χ1v) is 21.2. The normalized spacial score (nSPS) is 49.3. The SMILES string of the molecule is C=C(CC[C@@H](C)[C@H]1C[C@@H](O)C2[C@@H]3C[C@H](O)C4C[C@@H](O)CC[C@]4(C)C3CC[C@@]21C)C(C)CO[C@@H]1OC[C@@H](O)[C@H](OS(=O)(=O)O)[C@H]1O[C@@H]1OC[C@@H](O)[C@H](O)[C@H]1O. The summed E-state index contributed by atoms with van der Waals surface area (Å²) in [6.45, 7) is 12.4. The monoisotopic (exact) mass is 792 g/mol. The average molecular weight is 793 g/mol. The van der Waals surface area contributed by atoms with E-state index in [1.807, 2.05) is 6.92 Å². The summed E-state index contributed by atoms with van der Waals surface area (Å²) >= 11 is 0. The van der Waals surface area contributed by atoms with Gasteiger partial charge in [0.15, 0.2) is 12.6 Å². The van der Waals surface area contributed by atoms with Crippen molar-refractivity contribution in [3.63, 3.8) is 0 Å². The maximum atomic E-state index is 11.7. The Morgan fingerprint density at radius 1 is 0.815 bits per heavy atom. The number of hydrogen-bond donors (Lipinski definition) is 8. The Morgan fingerprint density at radius 2 is 1.48 bits per heavy atom. The summed E-state index contributed by atoms with van der Waals surface area (Å²) in [5.41, 5.74) is 0.815. The van der Waals surface area contributed by atoms with E-state index in [0.717, 1.165) is 44.1 Å². The van der Waals surface area contributed by atoms with Gasteiger partial charge in [0.1, 0.15) is 36.6 Å². The van der Waals surface area contributed by atoms with Crippen molar-refractivity contribution >= 4 is 10.4 Å². The molecule has 20 atom stereocenters. The van der Waals surface area contributed by atoms with Gasteiger partial charge < -0.3 is 54.7 Å². The third-order valence-electron chi connectivity index (χ3n) is 14.9. The van der Waals surface area contributed by atoms with E-state index < -0.39 is 85.0 Å². The Kier molecular flexibility index (Phi) is 13.0. The highest BCUT2D eigenvalue weighted by molar-refractivity contribution is 7.80. The van der Waals surface area contributed by atoms with Crippen molar-refractivity contribution in [2.75, 3.05) is 19.8 Å². The van der Waals surface area contributed by atoms with Crippen molar-refractivity contribution in [2.45, 2.75) is 153 Å². The Labute approximate surface area is 318 Å². The Balaban J connectivity index is 1.06. The molecule has 16 heteroatoms. The van der Waals surface area contributed by atoms with E-state index in [1.54, 1.807) is 0 Å². The molecule has 2 saturated heterocycles. The van der Waals surface area contributed by atoms with Crippen LogP contribution in [0.4, 0.5) is 0 Å². The first-order chi connectivity index (χ1) is 25.2. The molecule has 2 aliphatic heterocycles. The Hall–Kier alpha value is -0.830. The minimum atomic E-state index is -5.08. The summed E-state index contributed by atoms with van der Waals surface area (Å²) in [7, 11) is -5.08. The molecule has 312 valence electrons. The van der Waals surface area contributed by atoms with Gasteiger partial charge in [0.25, 0.3) is 0 Å². The first-order valence-electron chi connectivity index (χ1n) is 19.8. The fraction of sp³-hybridized carbons (Fsp3) is 0.947. The van der Waals surface area contributed by atoms with Crippen molar-refractivity contribution in [2.24, 2.45) is 52.3 Å². The smallest absolute Gasteiger partial charge is 0.393 e. The van der Waals surface area contributed by atoms with Crippen molar-refractivity contribution in [3.05, 3.63) is 12.2 Å². The van der Waals surface area contributed by atoms with Crippen LogP contribution in [0.3, 0.4) is 0 Å². The minimum Gasteiger partial charge on any atom is -0.393 e. The molecule has 0 amide bonds. The molecule has 4 aliphatic carbocycles. The summed E-state index contributed by atoms with van der Waals surface area (Å²) in [5.74, 6) is 1.26. The lowest BCUT2D eigenvalue weighted by Crippen LogP contribution is -2.61. The van der Waals surface area contributed by atoms with Gasteiger partial charge in [-0.3, -0.25) is 4.55 Å². The van der Waals surface area contributed by atoms with E-state index in [0.29, 0.717) is 31.1 Å². The predicted octanol–water partition coefficient (Wildman–Crippen LogP) is 1.30. The van der Waals surface area contributed by atoms with Crippen LogP contribution in [-0.4, -0.2) is 136 Å². The summed E-state index contributed by atoms with van der Waals surface area (Å²) < 4.78 is 60.2. The van der Waals surface area contributed by atoms with Crippen LogP contribution in [0.25, 0.3) is 0 Å². The highest BCUT2D eigenvalue weighted by Crippen LogP contribution is 2.68. The van der Waals surface area contributed by atoms with Crippen LogP contribution >= 0.6 is 0 Å². The zero-order chi connectivity index (χ0) is 39.5. The molecule has 0 aromatic carbocycles. The van der Waals surface area contributed by atoms with E-state index in [1.165, 1.54) is 0 Å². The summed E-state index contributed by atoms with van der Waals surface area (Å²) in [4.78, 5) is 0. The largest absolute Gasteiger partial charge is 0.397 e. The fourth-order valence-corrected chi connectivity index (χ4v) is 12.4. The van der Waals surface area contributed by atoms with Crippen molar-refractivity contribution < 1.29 is 71.8 Å².